The lowest BCUT2D eigenvalue weighted by molar-refractivity contribution is 1.07. The standard InChI is InChI=1S/C8H7BrN2/c1-5-6-2-10-3-7(6)8(9)4-11-5/h2,4H,3H2,1H3. The van der Waals surface area contributed by atoms with Crippen LogP contribution in [0.3, 0.4) is 0 Å². The lowest BCUT2D eigenvalue weighted by Gasteiger charge is -2.01. The first-order valence-electron chi connectivity index (χ1n) is 3.43. The number of hydrogen-bond donors (Lipinski definition) is 0. The minimum Gasteiger partial charge on any atom is -0.288 e. The molecule has 0 aliphatic carbocycles. The number of fused-ring (bicyclic) bond motifs is 1. The number of aliphatic imine (C=N–C) groups is 1. The smallest absolute Gasteiger partial charge is 0.0658 e. The van der Waals surface area contributed by atoms with Crippen molar-refractivity contribution in [1.82, 2.24) is 4.98 Å². The van der Waals surface area contributed by atoms with E-state index in [1.807, 2.05) is 19.3 Å². The first kappa shape index (κ1) is 6.98. The largest absolute Gasteiger partial charge is 0.288 e. The van der Waals surface area contributed by atoms with E-state index in [-0.39, 0.29) is 0 Å². The van der Waals surface area contributed by atoms with E-state index < -0.39 is 0 Å². The van der Waals surface area contributed by atoms with Gasteiger partial charge < -0.3 is 0 Å². The number of aryl methyl sites for hydroxylation is 1. The van der Waals surface area contributed by atoms with Crippen LogP contribution in [0.15, 0.2) is 15.7 Å². The molecule has 1 aliphatic heterocycles. The first-order chi connectivity index (χ1) is 5.29. The zero-order chi connectivity index (χ0) is 7.84. The number of pyridine rings is 1. The summed E-state index contributed by atoms with van der Waals surface area (Å²) in [6.07, 6.45) is 3.73. The molecule has 3 heteroatoms. The van der Waals surface area contributed by atoms with Crippen LogP contribution in [-0.4, -0.2) is 11.2 Å². The number of aromatic nitrogens is 1. The van der Waals surface area contributed by atoms with E-state index in [4.69, 9.17) is 0 Å². The molecule has 0 aromatic carbocycles. The van der Waals surface area contributed by atoms with Gasteiger partial charge in [0.2, 0.25) is 0 Å². The number of hydrogen-bond acceptors (Lipinski definition) is 2. The maximum atomic E-state index is 4.21. The maximum absolute atomic E-state index is 4.21. The molecule has 0 fully saturated rings. The Kier molecular flexibility index (Phi) is 1.53. The molecule has 2 rings (SSSR count). The molecule has 0 amide bonds. The molecule has 1 aromatic heterocycles. The van der Waals surface area contributed by atoms with Crippen LogP contribution >= 0.6 is 15.9 Å². The molecule has 1 aliphatic rings. The Hall–Kier alpha value is -0.700. The lowest BCUT2D eigenvalue weighted by atomic mass is 10.1. The predicted octanol–water partition coefficient (Wildman–Crippen LogP) is 2.09. The molecule has 2 heterocycles. The Bertz CT molecular complexity index is 331. The third-order valence-corrected chi connectivity index (χ3v) is 2.53. The quantitative estimate of drug-likeness (QED) is 0.644. The van der Waals surface area contributed by atoms with Gasteiger partial charge in [0.25, 0.3) is 0 Å². The summed E-state index contributed by atoms with van der Waals surface area (Å²) in [6, 6.07) is 0. The second-order valence-electron chi connectivity index (χ2n) is 2.55. The summed E-state index contributed by atoms with van der Waals surface area (Å²) in [6.45, 7) is 2.79. The molecular weight excluding hydrogens is 204 g/mol. The normalized spacial score (nSPS) is 13.6. The molecule has 0 bridgehead atoms. The molecule has 0 radical (unpaired) electrons. The van der Waals surface area contributed by atoms with Crippen molar-refractivity contribution >= 4 is 22.1 Å². The zero-order valence-corrected chi connectivity index (χ0v) is 7.72. The van der Waals surface area contributed by atoms with E-state index in [0.29, 0.717) is 0 Å². The van der Waals surface area contributed by atoms with Gasteiger partial charge in [0.1, 0.15) is 0 Å². The maximum Gasteiger partial charge on any atom is 0.0658 e. The van der Waals surface area contributed by atoms with E-state index in [0.717, 1.165) is 16.7 Å². The summed E-state index contributed by atoms with van der Waals surface area (Å²) in [7, 11) is 0. The first-order valence-corrected chi connectivity index (χ1v) is 4.22. The van der Waals surface area contributed by atoms with Crippen LogP contribution in [0.2, 0.25) is 0 Å². The second kappa shape index (κ2) is 2.41. The predicted molar refractivity (Wildman–Crippen MR) is 48.0 cm³/mol. The third kappa shape index (κ3) is 0.997. The fourth-order valence-corrected chi connectivity index (χ4v) is 1.65. The van der Waals surface area contributed by atoms with Crippen molar-refractivity contribution in [1.29, 1.82) is 0 Å². The van der Waals surface area contributed by atoms with Crippen molar-refractivity contribution in [3.05, 3.63) is 27.5 Å². The van der Waals surface area contributed by atoms with Gasteiger partial charge in [0.15, 0.2) is 0 Å². The van der Waals surface area contributed by atoms with Crippen molar-refractivity contribution in [2.45, 2.75) is 13.5 Å². The minimum atomic E-state index is 0.791. The molecule has 11 heavy (non-hydrogen) atoms. The Balaban J connectivity index is 2.71. The average Bonchev–Trinajstić information content (AvgIpc) is 2.45. The Morgan fingerprint density at radius 1 is 1.55 bits per heavy atom. The van der Waals surface area contributed by atoms with Gasteiger partial charge in [-0.3, -0.25) is 9.98 Å². The second-order valence-corrected chi connectivity index (χ2v) is 3.41. The van der Waals surface area contributed by atoms with Gasteiger partial charge in [-0.1, -0.05) is 0 Å². The average molecular weight is 211 g/mol. The molecule has 0 saturated heterocycles. The van der Waals surface area contributed by atoms with Crippen LogP contribution in [0.1, 0.15) is 16.8 Å². The van der Waals surface area contributed by atoms with Gasteiger partial charge in [0.05, 0.1) is 6.54 Å². The molecule has 0 unspecified atom stereocenters. The highest BCUT2D eigenvalue weighted by molar-refractivity contribution is 9.10. The number of nitrogens with zero attached hydrogens (tertiary/aromatic N) is 2. The van der Waals surface area contributed by atoms with Crippen LogP contribution in [0.5, 0.6) is 0 Å². The molecule has 0 saturated carbocycles. The summed E-state index contributed by atoms with van der Waals surface area (Å²) < 4.78 is 1.07. The van der Waals surface area contributed by atoms with Crippen LogP contribution in [0, 0.1) is 6.92 Å². The fourth-order valence-electron chi connectivity index (χ4n) is 1.21. The van der Waals surface area contributed by atoms with Gasteiger partial charge in [-0.2, -0.15) is 0 Å². The van der Waals surface area contributed by atoms with E-state index in [9.17, 15) is 0 Å². The van der Waals surface area contributed by atoms with E-state index in [1.165, 1.54) is 11.1 Å². The Labute approximate surface area is 73.5 Å². The molecule has 2 nitrogen and oxygen atoms in total. The molecule has 1 aromatic rings. The highest BCUT2D eigenvalue weighted by Crippen LogP contribution is 2.24. The summed E-state index contributed by atoms with van der Waals surface area (Å²) in [4.78, 5) is 8.39. The molecule has 0 atom stereocenters. The topological polar surface area (TPSA) is 25.2 Å². The van der Waals surface area contributed by atoms with E-state index >= 15 is 0 Å². The van der Waals surface area contributed by atoms with E-state index in [2.05, 4.69) is 25.9 Å². The summed E-state index contributed by atoms with van der Waals surface area (Å²) in [5.41, 5.74) is 3.50. The molecule has 56 valence electrons. The fraction of sp³-hybridized carbons (Fsp3) is 0.250. The van der Waals surface area contributed by atoms with Crippen LogP contribution in [0.4, 0.5) is 0 Å². The Morgan fingerprint density at radius 2 is 2.36 bits per heavy atom. The molecule has 0 N–H and O–H groups in total. The van der Waals surface area contributed by atoms with Crippen molar-refractivity contribution < 1.29 is 0 Å². The summed E-state index contributed by atoms with van der Waals surface area (Å²) in [5, 5.41) is 0. The highest BCUT2D eigenvalue weighted by Gasteiger charge is 2.12. The van der Waals surface area contributed by atoms with Gasteiger partial charge >= 0.3 is 0 Å². The number of halogens is 1. The van der Waals surface area contributed by atoms with Crippen LogP contribution in [-0.2, 0) is 6.54 Å². The van der Waals surface area contributed by atoms with Gasteiger partial charge in [0, 0.05) is 28.1 Å². The minimum absolute atomic E-state index is 0.791. The van der Waals surface area contributed by atoms with Crippen LogP contribution in [0.25, 0.3) is 0 Å². The van der Waals surface area contributed by atoms with Crippen LogP contribution < -0.4 is 0 Å². The van der Waals surface area contributed by atoms with Gasteiger partial charge in [-0.05, 0) is 28.4 Å². The van der Waals surface area contributed by atoms with Gasteiger partial charge in [-0.15, -0.1) is 0 Å². The Morgan fingerprint density at radius 3 is 3.09 bits per heavy atom. The number of rotatable bonds is 0. The monoisotopic (exact) mass is 210 g/mol. The molecule has 0 spiro atoms. The summed E-state index contributed by atoms with van der Waals surface area (Å²) in [5.74, 6) is 0. The van der Waals surface area contributed by atoms with Crippen molar-refractivity contribution in [2.24, 2.45) is 4.99 Å². The van der Waals surface area contributed by atoms with Crippen molar-refractivity contribution in [2.75, 3.05) is 0 Å². The zero-order valence-electron chi connectivity index (χ0n) is 6.13. The SMILES string of the molecule is Cc1ncc(Br)c2c1C=NC2. The highest BCUT2D eigenvalue weighted by atomic mass is 79.9. The third-order valence-electron chi connectivity index (χ3n) is 1.84. The van der Waals surface area contributed by atoms with E-state index in [1.54, 1.807) is 0 Å². The van der Waals surface area contributed by atoms with Crippen molar-refractivity contribution in [3.8, 4) is 0 Å². The van der Waals surface area contributed by atoms with Gasteiger partial charge in [-0.25, -0.2) is 0 Å². The lowest BCUT2D eigenvalue weighted by Crippen LogP contribution is -1.93. The summed E-state index contributed by atoms with van der Waals surface area (Å²) >= 11 is 3.44. The molecular formula is C8H7BrN2. The van der Waals surface area contributed by atoms with Crippen molar-refractivity contribution in [3.63, 3.8) is 0 Å².